The Morgan fingerprint density at radius 3 is 2.41 bits per heavy atom. The number of nitroso groups, excluding NO2 is 1. The largest absolute Gasteiger partial charge is 0.416 e. The van der Waals surface area contributed by atoms with Gasteiger partial charge in [0.15, 0.2) is 9.84 Å². The van der Waals surface area contributed by atoms with E-state index < -0.39 is 21.6 Å². The normalized spacial score (nSPS) is 12.7. The molecular weight excluding hydrogens is 491 g/mol. The van der Waals surface area contributed by atoms with Crippen LogP contribution in [-0.4, -0.2) is 34.1 Å². The molecule has 8 nitrogen and oxygen atoms in total. The molecule has 0 unspecified atom stereocenters. The fourth-order valence-electron chi connectivity index (χ4n) is 3.19. The number of nitrogens with one attached hydrogen (secondary N) is 1. The highest BCUT2D eigenvalue weighted by Gasteiger charge is 2.33. The van der Waals surface area contributed by atoms with Gasteiger partial charge in [0.05, 0.1) is 28.8 Å². The molecule has 0 aliphatic carbocycles. The number of aromatic amines is 1. The molecule has 0 saturated carbocycles. The second kappa shape index (κ2) is 9.10. The van der Waals surface area contributed by atoms with Crippen LogP contribution in [0.4, 0.5) is 18.9 Å². The first-order chi connectivity index (χ1) is 15.7. The summed E-state index contributed by atoms with van der Waals surface area (Å²) in [4.78, 5) is 15.8. The fraction of sp³-hybridized carbons (Fsp3) is 0.381. The molecule has 2 heterocycles. The Bertz CT molecular complexity index is 1350. The molecule has 0 bridgehead atoms. The van der Waals surface area contributed by atoms with E-state index in [0.717, 1.165) is 18.3 Å². The van der Waals surface area contributed by atoms with Crippen molar-refractivity contribution < 1.29 is 26.2 Å². The molecule has 0 radical (unpaired) electrons. The first-order valence-corrected chi connectivity index (χ1v) is 12.6. The predicted molar refractivity (Wildman–Crippen MR) is 122 cm³/mol. The molecule has 182 valence electrons. The third-order valence-electron chi connectivity index (χ3n) is 4.78. The van der Waals surface area contributed by atoms with Gasteiger partial charge in [-0.1, -0.05) is 27.7 Å². The van der Waals surface area contributed by atoms with Crippen LogP contribution in [0.3, 0.4) is 0 Å². The summed E-state index contributed by atoms with van der Waals surface area (Å²) in [5, 5.41) is 9.87. The second-order valence-electron chi connectivity index (χ2n) is 8.41. The Morgan fingerprint density at radius 1 is 1.18 bits per heavy atom. The summed E-state index contributed by atoms with van der Waals surface area (Å²) < 4.78 is 66.3. The quantitative estimate of drug-likeness (QED) is 0.280. The van der Waals surface area contributed by atoms with E-state index in [9.17, 15) is 26.5 Å². The first kappa shape index (κ1) is 25.8. The van der Waals surface area contributed by atoms with E-state index in [-0.39, 0.29) is 44.0 Å². The van der Waals surface area contributed by atoms with Crippen molar-refractivity contribution in [2.24, 2.45) is 12.2 Å². The van der Waals surface area contributed by atoms with E-state index in [0.29, 0.717) is 4.90 Å². The molecule has 0 aliphatic rings. The maximum absolute atomic E-state index is 13.2. The number of thioether (sulfide) groups is 1. The maximum atomic E-state index is 13.2. The minimum absolute atomic E-state index is 0.0198. The van der Waals surface area contributed by atoms with Crippen molar-refractivity contribution in [2.75, 3.05) is 5.75 Å². The number of alkyl halides is 3. The summed E-state index contributed by atoms with van der Waals surface area (Å²) >= 11 is 1.33. The standard InChI is InChI=1S/C21H22F3N5O3S2/c1-6-34(31,32)17-11-14(28-30)16(33-20(2,3)4)10-13(17)18-26-27-19(29(18)5)15-9-12(7-8-25-15)21(22,23)24/h7-11H,6H2,1-5H3/p+1. The summed E-state index contributed by atoms with van der Waals surface area (Å²) in [5.74, 6) is 0.0539. The topological polar surface area (TPSA) is 109 Å². The predicted octanol–water partition coefficient (Wildman–Crippen LogP) is 5.06. The molecule has 0 amide bonds. The van der Waals surface area contributed by atoms with Crippen LogP contribution >= 0.6 is 11.8 Å². The van der Waals surface area contributed by atoms with E-state index in [4.69, 9.17) is 0 Å². The average Bonchev–Trinajstić information content (AvgIpc) is 3.13. The number of nitrogens with zero attached hydrogens (tertiary/aromatic N) is 4. The number of pyridine rings is 1. The lowest BCUT2D eigenvalue weighted by Crippen LogP contribution is -2.32. The zero-order valence-corrected chi connectivity index (χ0v) is 20.7. The van der Waals surface area contributed by atoms with Crippen molar-refractivity contribution in [3.8, 4) is 22.9 Å². The lowest BCUT2D eigenvalue weighted by atomic mass is 10.2. The van der Waals surface area contributed by atoms with Gasteiger partial charge in [0.25, 0.3) is 5.82 Å². The van der Waals surface area contributed by atoms with Crippen LogP contribution < -0.4 is 4.57 Å². The summed E-state index contributed by atoms with van der Waals surface area (Å²) in [6.45, 7) is 7.24. The number of rotatable bonds is 6. The zero-order chi connectivity index (χ0) is 25.5. The molecular formula is C21H23F3N5O3S2+. The van der Waals surface area contributed by atoms with Crippen molar-refractivity contribution in [2.45, 2.75) is 48.4 Å². The van der Waals surface area contributed by atoms with Gasteiger partial charge >= 0.3 is 12.0 Å². The number of benzene rings is 1. The van der Waals surface area contributed by atoms with Gasteiger partial charge < -0.3 is 0 Å². The van der Waals surface area contributed by atoms with Crippen LogP contribution in [-0.2, 0) is 23.1 Å². The third-order valence-corrected chi connectivity index (χ3v) is 7.71. The Hall–Kier alpha value is -2.80. The molecule has 0 fully saturated rings. The van der Waals surface area contributed by atoms with E-state index in [2.05, 4.69) is 20.4 Å². The second-order valence-corrected chi connectivity index (χ2v) is 12.5. The van der Waals surface area contributed by atoms with Crippen LogP contribution in [0.2, 0.25) is 0 Å². The van der Waals surface area contributed by atoms with Crippen LogP contribution in [0.1, 0.15) is 33.3 Å². The van der Waals surface area contributed by atoms with Gasteiger partial charge in [-0.15, -0.1) is 21.8 Å². The lowest BCUT2D eigenvalue weighted by molar-refractivity contribution is -0.649. The number of halogens is 3. The number of aromatic nitrogens is 4. The van der Waals surface area contributed by atoms with E-state index in [1.54, 1.807) is 0 Å². The smallest absolute Gasteiger partial charge is 0.250 e. The summed E-state index contributed by atoms with van der Waals surface area (Å²) in [5.41, 5.74) is -0.730. The fourth-order valence-corrected chi connectivity index (χ4v) is 5.31. The molecule has 34 heavy (non-hydrogen) atoms. The van der Waals surface area contributed by atoms with E-state index in [1.165, 1.54) is 42.4 Å². The van der Waals surface area contributed by atoms with Gasteiger partial charge in [0, 0.05) is 20.9 Å². The number of hydrogen-bond acceptors (Lipinski definition) is 7. The minimum atomic E-state index is -4.56. The summed E-state index contributed by atoms with van der Waals surface area (Å²) in [6.07, 6.45) is -3.52. The van der Waals surface area contributed by atoms with Gasteiger partial charge in [0.1, 0.15) is 11.4 Å². The van der Waals surface area contributed by atoms with Gasteiger partial charge in [-0.3, -0.25) is 0 Å². The molecule has 3 aromatic rings. The van der Waals surface area contributed by atoms with E-state index in [1.807, 2.05) is 20.8 Å². The van der Waals surface area contributed by atoms with Gasteiger partial charge in [-0.2, -0.15) is 13.2 Å². The molecule has 2 aromatic heterocycles. The Labute approximate surface area is 198 Å². The maximum Gasteiger partial charge on any atom is 0.416 e. The number of hydrogen-bond donors (Lipinski definition) is 1. The molecule has 1 aromatic carbocycles. The summed E-state index contributed by atoms with van der Waals surface area (Å²) in [6, 6.07) is 4.47. The lowest BCUT2D eigenvalue weighted by Gasteiger charge is -2.19. The molecule has 0 aliphatic heterocycles. The van der Waals surface area contributed by atoms with Gasteiger partial charge in [-0.25, -0.2) is 18.0 Å². The number of sulfone groups is 1. The molecule has 3 rings (SSSR count). The number of H-pyrrole nitrogens is 1. The summed E-state index contributed by atoms with van der Waals surface area (Å²) in [7, 11) is -2.28. The highest BCUT2D eigenvalue weighted by Crippen LogP contribution is 2.42. The Kier molecular flexibility index (Phi) is 6.91. The zero-order valence-electron chi connectivity index (χ0n) is 19.1. The first-order valence-electron chi connectivity index (χ1n) is 10.1. The monoisotopic (exact) mass is 514 g/mol. The highest BCUT2D eigenvalue weighted by molar-refractivity contribution is 8.00. The average molecular weight is 515 g/mol. The van der Waals surface area contributed by atoms with Crippen molar-refractivity contribution in [3.05, 3.63) is 40.9 Å². The highest BCUT2D eigenvalue weighted by atomic mass is 32.2. The SMILES string of the molecule is CCS(=O)(=O)c1cc(N=O)c(SC(C)(C)C)cc1-c1n[nH]c(-c2cc(C(F)(F)F)ccn2)[n+]1C. The van der Waals surface area contributed by atoms with Crippen molar-refractivity contribution in [1.29, 1.82) is 0 Å². The van der Waals surface area contributed by atoms with Crippen LogP contribution in [0, 0.1) is 4.91 Å². The molecule has 0 saturated heterocycles. The Morgan fingerprint density at radius 2 is 1.85 bits per heavy atom. The van der Waals surface area contributed by atoms with Crippen LogP contribution in [0.25, 0.3) is 22.9 Å². The van der Waals surface area contributed by atoms with Gasteiger partial charge in [-0.05, 0) is 29.4 Å². The van der Waals surface area contributed by atoms with Crippen molar-refractivity contribution in [1.82, 2.24) is 15.2 Å². The van der Waals surface area contributed by atoms with Crippen molar-refractivity contribution in [3.63, 3.8) is 0 Å². The molecule has 13 heteroatoms. The van der Waals surface area contributed by atoms with Crippen molar-refractivity contribution >= 4 is 27.3 Å². The molecule has 1 N–H and O–H groups in total. The van der Waals surface area contributed by atoms with E-state index >= 15 is 0 Å². The molecule has 0 atom stereocenters. The van der Waals surface area contributed by atoms with Crippen LogP contribution in [0.5, 0.6) is 0 Å². The Balaban J connectivity index is 2.26. The van der Waals surface area contributed by atoms with Gasteiger partial charge in [0.2, 0.25) is 0 Å². The van der Waals surface area contributed by atoms with Crippen LogP contribution in [0.15, 0.2) is 45.4 Å². The minimum Gasteiger partial charge on any atom is -0.250 e. The molecule has 0 spiro atoms. The third kappa shape index (κ3) is 5.30.